The Kier molecular flexibility index (Phi) is 3.42. The number of carbonyl (C=O) groups excluding carboxylic acids is 1. The maximum atomic E-state index is 10.9. The monoisotopic (exact) mass is 342 g/mol. The Labute approximate surface area is 85.5 Å². The minimum absolute atomic E-state index is 0. The predicted molar refractivity (Wildman–Crippen MR) is 37.8 cm³/mol. The standard InChI is InChI=1S/C8H11O3.Re/c9-7-1-3-8(4-2-7)10-5-6-11-8;/h3H,1-2,4-6H2;/q-1;. The third-order valence-corrected chi connectivity index (χ3v) is 2.17. The van der Waals surface area contributed by atoms with E-state index in [1.54, 1.807) is 0 Å². The van der Waals surface area contributed by atoms with Crippen molar-refractivity contribution in [2.24, 2.45) is 0 Å². The van der Waals surface area contributed by atoms with Crippen molar-refractivity contribution >= 4 is 5.78 Å². The summed E-state index contributed by atoms with van der Waals surface area (Å²) in [5.41, 5.74) is 0. The van der Waals surface area contributed by atoms with Gasteiger partial charge < -0.3 is 14.3 Å². The van der Waals surface area contributed by atoms with Crippen molar-refractivity contribution in [3.05, 3.63) is 6.42 Å². The van der Waals surface area contributed by atoms with Crippen LogP contribution in [-0.2, 0) is 34.7 Å². The van der Waals surface area contributed by atoms with Crippen LogP contribution in [0.2, 0.25) is 0 Å². The van der Waals surface area contributed by atoms with E-state index in [9.17, 15) is 4.79 Å². The van der Waals surface area contributed by atoms with E-state index in [0.717, 1.165) is 0 Å². The molecule has 2 fully saturated rings. The van der Waals surface area contributed by atoms with Gasteiger partial charge >= 0.3 is 0 Å². The van der Waals surface area contributed by atoms with Crippen LogP contribution in [0.3, 0.4) is 0 Å². The van der Waals surface area contributed by atoms with Crippen molar-refractivity contribution in [1.82, 2.24) is 0 Å². The zero-order valence-electron chi connectivity index (χ0n) is 6.72. The summed E-state index contributed by atoms with van der Waals surface area (Å²) in [7, 11) is 0. The molecule has 0 aromatic heterocycles. The summed E-state index contributed by atoms with van der Waals surface area (Å²) in [6.07, 6.45) is 3.65. The van der Waals surface area contributed by atoms with Gasteiger partial charge in [-0.3, -0.25) is 6.42 Å². The second kappa shape index (κ2) is 3.97. The summed E-state index contributed by atoms with van der Waals surface area (Å²) in [4.78, 5) is 10.9. The van der Waals surface area contributed by atoms with Crippen molar-refractivity contribution < 1.29 is 34.7 Å². The summed E-state index contributed by atoms with van der Waals surface area (Å²) in [6.45, 7) is 1.31. The van der Waals surface area contributed by atoms with Crippen LogP contribution < -0.4 is 0 Å². The normalized spacial score (nSPS) is 27.2. The molecule has 1 saturated heterocycles. The second-order valence-corrected chi connectivity index (χ2v) is 2.96. The molecule has 1 heterocycles. The Hall–Kier alpha value is 0.252. The number of hydrogen-bond donors (Lipinski definition) is 0. The van der Waals surface area contributed by atoms with Gasteiger partial charge in [0.25, 0.3) is 0 Å². The van der Waals surface area contributed by atoms with E-state index in [1.165, 1.54) is 0 Å². The fraction of sp³-hybridized carbons (Fsp3) is 0.750. The molecule has 0 aromatic carbocycles. The van der Waals surface area contributed by atoms with Gasteiger partial charge in [-0.05, 0) is 6.42 Å². The Balaban J connectivity index is 0.000000720. The van der Waals surface area contributed by atoms with Gasteiger partial charge in [-0.1, -0.05) is 0 Å². The molecular formula is C8H11O3Re-. The van der Waals surface area contributed by atoms with Gasteiger partial charge in [-0.2, -0.15) is 0 Å². The molecule has 1 aliphatic carbocycles. The number of rotatable bonds is 0. The molecule has 2 rings (SSSR count). The largest absolute Gasteiger partial charge is 0.378 e. The summed E-state index contributed by atoms with van der Waals surface area (Å²) >= 11 is 0. The van der Waals surface area contributed by atoms with E-state index in [-0.39, 0.29) is 26.2 Å². The molecule has 0 atom stereocenters. The zero-order chi connectivity index (χ0) is 7.73. The molecule has 1 spiro atoms. The molecule has 0 amide bonds. The van der Waals surface area contributed by atoms with Crippen LogP contribution in [0.5, 0.6) is 0 Å². The zero-order valence-corrected chi connectivity index (χ0v) is 9.43. The van der Waals surface area contributed by atoms with Crippen LogP contribution >= 0.6 is 0 Å². The third-order valence-electron chi connectivity index (χ3n) is 2.17. The van der Waals surface area contributed by atoms with Gasteiger partial charge in [0, 0.05) is 32.6 Å². The first-order chi connectivity index (χ1) is 5.31. The first-order valence-corrected chi connectivity index (χ1v) is 3.95. The Morgan fingerprint density at radius 1 is 1.33 bits per heavy atom. The molecule has 0 N–H and O–H groups in total. The van der Waals surface area contributed by atoms with Gasteiger partial charge in [0.1, 0.15) is 5.78 Å². The van der Waals surface area contributed by atoms with E-state index in [0.29, 0.717) is 32.5 Å². The molecule has 1 aliphatic heterocycles. The van der Waals surface area contributed by atoms with E-state index < -0.39 is 5.79 Å². The van der Waals surface area contributed by atoms with Crippen LogP contribution in [0.1, 0.15) is 19.3 Å². The van der Waals surface area contributed by atoms with E-state index >= 15 is 0 Å². The topological polar surface area (TPSA) is 35.5 Å². The van der Waals surface area contributed by atoms with Gasteiger partial charge in [-0.15, -0.1) is 6.42 Å². The molecule has 1 radical (unpaired) electrons. The summed E-state index contributed by atoms with van der Waals surface area (Å²) in [6, 6.07) is 0. The number of carbonyl (C=O) groups is 1. The summed E-state index contributed by atoms with van der Waals surface area (Å²) in [5.74, 6) is -0.205. The molecule has 0 unspecified atom stereocenters. The van der Waals surface area contributed by atoms with Crippen LogP contribution in [0.4, 0.5) is 0 Å². The Morgan fingerprint density at radius 2 is 2.00 bits per heavy atom. The molecule has 2 aliphatic rings. The molecule has 0 bridgehead atoms. The van der Waals surface area contributed by atoms with Crippen LogP contribution in [0.15, 0.2) is 0 Å². The van der Waals surface area contributed by atoms with E-state index in [1.807, 2.05) is 6.42 Å². The number of ketones is 1. The molecule has 12 heavy (non-hydrogen) atoms. The Bertz CT molecular complexity index is 163. The molecule has 69 valence electrons. The number of ether oxygens (including phenoxy) is 2. The predicted octanol–water partition coefficient (Wildman–Crippen LogP) is 0.684. The second-order valence-electron chi connectivity index (χ2n) is 2.96. The fourth-order valence-corrected chi connectivity index (χ4v) is 1.52. The van der Waals surface area contributed by atoms with Crippen LogP contribution in [0, 0.1) is 6.42 Å². The van der Waals surface area contributed by atoms with Gasteiger partial charge in [0.2, 0.25) is 0 Å². The van der Waals surface area contributed by atoms with E-state index in [4.69, 9.17) is 9.47 Å². The smallest absolute Gasteiger partial charge is 0.103 e. The molecule has 0 aromatic rings. The quantitative estimate of drug-likeness (QED) is 0.608. The first kappa shape index (κ1) is 10.3. The average molecular weight is 341 g/mol. The fourth-order valence-electron chi connectivity index (χ4n) is 1.52. The summed E-state index contributed by atoms with van der Waals surface area (Å²) < 4.78 is 10.8. The van der Waals surface area contributed by atoms with Gasteiger partial charge in [0.15, 0.2) is 0 Å². The number of Topliss-reactive ketones (excluding diaryl/α,β-unsaturated/α-hetero) is 1. The van der Waals surface area contributed by atoms with Crippen LogP contribution in [-0.4, -0.2) is 24.8 Å². The summed E-state index contributed by atoms with van der Waals surface area (Å²) in [5, 5.41) is 0. The minimum Gasteiger partial charge on any atom is -0.378 e. The molecule has 4 heteroatoms. The van der Waals surface area contributed by atoms with E-state index in [2.05, 4.69) is 0 Å². The maximum Gasteiger partial charge on any atom is 0.103 e. The molecule has 1 saturated carbocycles. The third kappa shape index (κ3) is 1.94. The minimum atomic E-state index is -0.492. The van der Waals surface area contributed by atoms with Crippen molar-refractivity contribution in [3.8, 4) is 0 Å². The van der Waals surface area contributed by atoms with Crippen molar-refractivity contribution in [2.75, 3.05) is 13.2 Å². The maximum absolute atomic E-state index is 10.9. The van der Waals surface area contributed by atoms with Crippen molar-refractivity contribution in [3.63, 3.8) is 0 Å². The Morgan fingerprint density at radius 3 is 2.50 bits per heavy atom. The molecule has 3 nitrogen and oxygen atoms in total. The van der Waals surface area contributed by atoms with Crippen molar-refractivity contribution in [2.45, 2.75) is 25.0 Å². The van der Waals surface area contributed by atoms with Gasteiger partial charge in [0.05, 0.1) is 13.2 Å². The van der Waals surface area contributed by atoms with Crippen LogP contribution in [0.25, 0.3) is 0 Å². The van der Waals surface area contributed by atoms with Gasteiger partial charge in [-0.25, -0.2) is 0 Å². The average Bonchev–Trinajstić information content (AvgIpc) is 2.45. The SMILES string of the molecule is O=C1C[CH-]C2(CC1)OCCO2.[Re]. The molecular weight excluding hydrogens is 330 g/mol. The van der Waals surface area contributed by atoms with Crippen molar-refractivity contribution in [1.29, 1.82) is 0 Å². The number of hydrogen-bond acceptors (Lipinski definition) is 3. The first-order valence-electron chi connectivity index (χ1n) is 3.95.